The second-order valence-electron chi connectivity index (χ2n) is 2.36. The molecule has 0 spiro atoms. The molecule has 0 fully saturated rings. The van der Waals surface area contributed by atoms with E-state index in [0.29, 0.717) is 5.56 Å². The smallest absolute Gasteiger partial charge is 0.272 e. The lowest BCUT2D eigenvalue weighted by Gasteiger charge is -1.92. The average Bonchev–Trinajstić information content (AvgIpc) is 2.06. The van der Waals surface area contributed by atoms with E-state index in [4.69, 9.17) is 5.11 Å². The Hall–Kier alpha value is -1.42. The molecule has 0 atom stereocenters. The van der Waals surface area contributed by atoms with E-state index in [1.54, 1.807) is 32.0 Å². The Morgan fingerprint density at radius 1 is 1.46 bits per heavy atom. The van der Waals surface area contributed by atoms with Crippen molar-refractivity contribution in [1.29, 1.82) is 0 Å². The van der Waals surface area contributed by atoms with Crippen LogP contribution in [-0.2, 0) is 0 Å². The number of nitro groups is 1. The van der Waals surface area contributed by atoms with Crippen molar-refractivity contribution < 1.29 is 10.0 Å². The van der Waals surface area contributed by atoms with Crippen LogP contribution in [0, 0.1) is 17.0 Å². The Morgan fingerprint density at radius 2 is 1.92 bits per heavy atom. The van der Waals surface area contributed by atoms with Gasteiger partial charge in [-0.3, -0.25) is 10.1 Å². The molecule has 0 aromatic heterocycles. The third-order valence-electron chi connectivity index (χ3n) is 1.31. The number of benzene rings is 1. The second-order valence-corrected chi connectivity index (χ2v) is 2.36. The van der Waals surface area contributed by atoms with Crippen LogP contribution >= 0.6 is 0 Å². The Balaban J connectivity index is 0.000000424. The van der Waals surface area contributed by atoms with Gasteiger partial charge in [0.25, 0.3) is 5.69 Å². The van der Waals surface area contributed by atoms with Crippen LogP contribution in [0.2, 0.25) is 0 Å². The van der Waals surface area contributed by atoms with Crippen molar-refractivity contribution in [2.45, 2.75) is 13.8 Å². The zero-order valence-corrected chi connectivity index (χ0v) is 7.73. The van der Waals surface area contributed by atoms with E-state index < -0.39 is 0 Å². The van der Waals surface area contributed by atoms with Crippen molar-refractivity contribution in [3.05, 3.63) is 39.9 Å². The third kappa shape index (κ3) is 4.22. The normalized spacial score (nSPS) is 8.54. The lowest BCUT2D eigenvalue weighted by atomic mass is 10.2. The first-order valence-corrected chi connectivity index (χ1v) is 3.94. The number of hydrogen-bond donors (Lipinski definition) is 1. The molecule has 1 N–H and O–H groups in total. The first-order chi connectivity index (χ1) is 6.13. The van der Waals surface area contributed by atoms with Gasteiger partial charge in [-0.05, 0) is 13.8 Å². The number of hydrogen-bond acceptors (Lipinski definition) is 3. The molecule has 0 radical (unpaired) electrons. The van der Waals surface area contributed by atoms with E-state index in [-0.39, 0.29) is 17.2 Å². The highest BCUT2D eigenvalue weighted by atomic mass is 16.6. The summed E-state index contributed by atoms with van der Waals surface area (Å²) in [5, 5.41) is 17.8. The van der Waals surface area contributed by atoms with Crippen LogP contribution < -0.4 is 0 Å². The maximum atomic E-state index is 10.2. The van der Waals surface area contributed by atoms with Crippen LogP contribution in [0.5, 0.6) is 0 Å². The molecule has 4 nitrogen and oxygen atoms in total. The minimum atomic E-state index is -0.380. The van der Waals surface area contributed by atoms with Gasteiger partial charge in [0.05, 0.1) is 4.92 Å². The van der Waals surface area contributed by atoms with Gasteiger partial charge in [0.2, 0.25) is 0 Å². The molecule has 0 saturated carbocycles. The third-order valence-corrected chi connectivity index (χ3v) is 1.31. The van der Waals surface area contributed by atoms with Gasteiger partial charge in [-0.1, -0.05) is 18.2 Å². The van der Waals surface area contributed by atoms with Crippen molar-refractivity contribution in [1.82, 2.24) is 0 Å². The van der Waals surface area contributed by atoms with Gasteiger partial charge in [-0.25, -0.2) is 0 Å². The molecule has 4 heteroatoms. The average molecular weight is 183 g/mol. The lowest BCUT2D eigenvalue weighted by molar-refractivity contribution is -0.385. The van der Waals surface area contributed by atoms with Crippen LogP contribution in [0.1, 0.15) is 12.5 Å². The summed E-state index contributed by atoms with van der Waals surface area (Å²) in [5.74, 6) is 0. The van der Waals surface area contributed by atoms with Gasteiger partial charge in [-0.15, -0.1) is 0 Å². The monoisotopic (exact) mass is 183 g/mol. The molecular weight excluding hydrogens is 170 g/mol. The Bertz CT molecular complexity index is 273. The SMILES string of the molecule is CCO.Cc1ccccc1[N+](=O)[O-]. The fourth-order valence-electron chi connectivity index (χ4n) is 0.768. The van der Waals surface area contributed by atoms with E-state index in [9.17, 15) is 10.1 Å². The fourth-order valence-corrected chi connectivity index (χ4v) is 0.768. The van der Waals surface area contributed by atoms with Crippen molar-refractivity contribution >= 4 is 5.69 Å². The number of aryl methyl sites for hydroxylation is 1. The van der Waals surface area contributed by atoms with Crippen LogP contribution in [0.25, 0.3) is 0 Å². The summed E-state index contributed by atoms with van der Waals surface area (Å²) in [6.45, 7) is 3.65. The van der Waals surface area contributed by atoms with Crippen LogP contribution in [0.3, 0.4) is 0 Å². The van der Waals surface area contributed by atoms with Gasteiger partial charge in [-0.2, -0.15) is 0 Å². The summed E-state index contributed by atoms with van der Waals surface area (Å²) < 4.78 is 0. The highest BCUT2D eigenvalue weighted by molar-refractivity contribution is 5.38. The van der Waals surface area contributed by atoms with Crippen LogP contribution in [-0.4, -0.2) is 16.6 Å². The predicted octanol–water partition coefficient (Wildman–Crippen LogP) is 1.90. The summed E-state index contributed by atoms with van der Waals surface area (Å²) in [4.78, 5) is 9.85. The summed E-state index contributed by atoms with van der Waals surface area (Å²) in [6.07, 6.45) is 0. The van der Waals surface area contributed by atoms with E-state index in [2.05, 4.69) is 0 Å². The van der Waals surface area contributed by atoms with Gasteiger partial charge in [0.1, 0.15) is 0 Å². The van der Waals surface area contributed by atoms with Crippen molar-refractivity contribution in [2.75, 3.05) is 6.61 Å². The number of nitro benzene ring substituents is 1. The molecule has 0 aliphatic heterocycles. The van der Waals surface area contributed by atoms with Crippen molar-refractivity contribution in [3.63, 3.8) is 0 Å². The predicted molar refractivity (Wildman–Crippen MR) is 50.6 cm³/mol. The zero-order chi connectivity index (χ0) is 10.3. The van der Waals surface area contributed by atoms with E-state index in [1.807, 2.05) is 0 Å². The highest BCUT2D eigenvalue weighted by Gasteiger charge is 2.05. The van der Waals surface area contributed by atoms with E-state index in [0.717, 1.165) is 0 Å². The molecule has 0 saturated heterocycles. The number of rotatable bonds is 1. The number of aliphatic hydroxyl groups is 1. The van der Waals surface area contributed by atoms with E-state index >= 15 is 0 Å². The first kappa shape index (κ1) is 11.6. The quantitative estimate of drug-likeness (QED) is 0.534. The van der Waals surface area contributed by atoms with Crippen molar-refractivity contribution in [3.8, 4) is 0 Å². The first-order valence-electron chi connectivity index (χ1n) is 3.94. The maximum absolute atomic E-state index is 10.2. The fraction of sp³-hybridized carbons (Fsp3) is 0.333. The Labute approximate surface area is 77.0 Å². The molecule has 0 bridgehead atoms. The summed E-state index contributed by atoms with van der Waals surface area (Å²) in [5.41, 5.74) is 0.884. The number of aliphatic hydroxyl groups excluding tert-OH is 1. The molecule has 0 aliphatic rings. The largest absolute Gasteiger partial charge is 0.397 e. The molecule has 0 aliphatic carbocycles. The topological polar surface area (TPSA) is 63.4 Å². The highest BCUT2D eigenvalue weighted by Crippen LogP contribution is 2.14. The number of nitrogens with zero attached hydrogens (tertiary/aromatic N) is 1. The van der Waals surface area contributed by atoms with Gasteiger partial charge in [0, 0.05) is 18.2 Å². The summed E-state index contributed by atoms with van der Waals surface area (Å²) in [7, 11) is 0. The van der Waals surface area contributed by atoms with Gasteiger partial charge in [0.15, 0.2) is 0 Å². The molecule has 0 heterocycles. The molecule has 0 amide bonds. The minimum absolute atomic E-state index is 0.183. The van der Waals surface area contributed by atoms with Gasteiger partial charge >= 0.3 is 0 Å². The molecule has 1 rings (SSSR count). The molecule has 13 heavy (non-hydrogen) atoms. The lowest BCUT2D eigenvalue weighted by Crippen LogP contribution is -1.89. The molecule has 72 valence electrons. The maximum Gasteiger partial charge on any atom is 0.272 e. The minimum Gasteiger partial charge on any atom is -0.397 e. The van der Waals surface area contributed by atoms with Crippen molar-refractivity contribution in [2.24, 2.45) is 0 Å². The molecule has 1 aromatic carbocycles. The van der Waals surface area contributed by atoms with E-state index in [1.165, 1.54) is 6.07 Å². The summed E-state index contributed by atoms with van der Waals surface area (Å²) in [6, 6.07) is 6.65. The standard InChI is InChI=1S/C7H7NO2.C2H6O/c1-6-4-2-3-5-7(6)8(9)10;1-2-3/h2-5H,1H3;3H,2H2,1H3. The molecule has 1 aromatic rings. The molecule has 0 unspecified atom stereocenters. The Kier molecular flexibility index (Phi) is 5.47. The van der Waals surface area contributed by atoms with Crippen LogP contribution in [0.4, 0.5) is 5.69 Å². The van der Waals surface area contributed by atoms with Crippen LogP contribution in [0.15, 0.2) is 24.3 Å². The second kappa shape index (κ2) is 6.14. The van der Waals surface area contributed by atoms with Gasteiger partial charge < -0.3 is 5.11 Å². The molecular formula is C9H13NO3. The number of para-hydroxylation sites is 1. The summed E-state index contributed by atoms with van der Waals surface area (Å²) >= 11 is 0. The Morgan fingerprint density at radius 3 is 2.23 bits per heavy atom. The zero-order valence-electron chi connectivity index (χ0n) is 7.73.